The molecule has 0 spiro atoms. The maximum atomic E-state index is 12.7. The monoisotopic (exact) mass is 380 g/mol. The highest BCUT2D eigenvalue weighted by Gasteiger charge is 2.29. The molecule has 1 aliphatic rings. The van der Waals surface area contributed by atoms with Crippen LogP contribution in [0.15, 0.2) is 21.6 Å². The first kappa shape index (κ1) is 16.2. The lowest BCUT2D eigenvalue weighted by Crippen LogP contribution is -2.32. The first-order chi connectivity index (χ1) is 9.45. The molecule has 2 heterocycles. The van der Waals surface area contributed by atoms with Crippen LogP contribution in [0.1, 0.15) is 32.6 Å². The fourth-order valence-corrected chi connectivity index (χ4v) is 4.93. The van der Waals surface area contributed by atoms with Gasteiger partial charge in [0.1, 0.15) is 10.0 Å². The Morgan fingerprint density at radius 3 is 2.90 bits per heavy atom. The van der Waals surface area contributed by atoms with Crippen molar-refractivity contribution in [3.8, 4) is 0 Å². The van der Waals surface area contributed by atoms with Gasteiger partial charge in [-0.3, -0.25) is 0 Å². The first-order valence-corrected chi connectivity index (χ1v) is 9.37. The van der Waals surface area contributed by atoms with E-state index in [2.05, 4.69) is 27.8 Å². The van der Waals surface area contributed by atoms with Crippen LogP contribution in [0, 0.1) is 5.92 Å². The third kappa shape index (κ3) is 3.53. The van der Waals surface area contributed by atoms with Crippen molar-refractivity contribution in [2.75, 3.05) is 13.1 Å². The third-order valence-electron chi connectivity index (χ3n) is 3.78. The average molecular weight is 382 g/mol. The largest absolute Gasteiger partial charge is 0.246 e. The molecule has 112 valence electrons. The Labute approximate surface area is 133 Å². The molecule has 1 aromatic rings. The second-order valence-corrected chi connectivity index (χ2v) is 8.23. The van der Waals surface area contributed by atoms with E-state index in [4.69, 9.17) is 11.6 Å². The quantitative estimate of drug-likeness (QED) is 0.750. The lowest BCUT2D eigenvalue weighted by atomic mass is 9.98. The Morgan fingerprint density at radius 2 is 2.20 bits per heavy atom. The summed E-state index contributed by atoms with van der Waals surface area (Å²) in [5.74, 6) is 0.617. The van der Waals surface area contributed by atoms with Gasteiger partial charge in [0, 0.05) is 23.8 Å². The number of pyridine rings is 1. The number of hydrogen-bond acceptors (Lipinski definition) is 3. The van der Waals surface area contributed by atoms with E-state index in [1.807, 2.05) is 0 Å². The molecular formula is C13H18BrClN2O2S. The molecule has 1 unspecified atom stereocenters. The molecule has 1 atom stereocenters. The maximum absolute atomic E-state index is 12.7. The summed E-state index contributed by atoms with van der Waals surface area (Å²) in [7, 11) is -3.56. The van der Waals surface area contributed by atoms with Crippen LogP contribution in [0.25, 0.3) is 0 Å². The standard InChI is InChI=1S/C13H18BrClN2O2S/c1-2-10-4-3-6-17(7-5-10)20(18,19)12-8-11(14)9-16-13(12)15/h8-10H,2-7H2,1H3. The minimum atomic E-state index is -3.56. The molecule has 0 aliphatic carbocycles. The van der Waals surface area contributed by atoms with E-state index in [-0.39, 0.29) is 10.0 Å². The summed E-state index contributed by atoms with van der Waals surface area (Å²) in [5.41, 5.74) is 0. The van der Waals surface area contributed by atoms with Crippen molar-refractivity contribution in [2.45, 2.75) is 37.5 Å². The summed E-state index contributed by atoms with van der Waals surface area (Å²) in [5, 5.41) is 0.0319. The van der Waals surface area contributed by atoms with E-state index in [9.17, 15) is 8.42 Å². The van der Waals surface area contributed by atoms with Crippen LogP contribution in [-0.4, -0.2) is 30.8 Å². The molecule has 0 bridgehead atoms. The molecule has 0 radical (unpaired) electrons. The molecule has 0 amide bonds. The Morgan fingerprint density at radius 1 is 1.45 bits per heavy atom. The van der Waals surface area contributed by atoms with Crippen molar-refractivity contribution in [3.05, 3.63) is 21.9 Å². The van der Waals surface area contributed by atoms with E-state index in [1.54, 1.807) is 0 Å². The van der Waals surface area contributed by atoms with Gasteiger partial charge < -0.3 is 0 Å². The number of rotatable bonds is 3. The van der Waals surface area contributed by atoms with Crippen LogP contribution in [0.5, 0.6) is 0 Å². The molecule has 1 fully saturated rings. The second kappa shape index (κ2) is 6.73. The van der Waals surface area contributed by atoms with Crippen LogP contribution >= 0.6 is 27.5 Å². The molecule has 1 aromatic heterocycles. The third-order valence-corrected chi connectivity index (χ3v) is 6.53. The predicted molar refractivity (Wildman–Crippen MR) is 83.3 cm³/mol. The van der Waals surface area contributed by atoms with E-state index >= 15 is 0 Å². The topological polar surface area (TPSA) is 50.3 Å². The van der Waals surface area contributed by atoms with Crippen LogP contribution in [0.2, 0.25) is 5.15 Å². The zero-order valence-electron chi connectivity index (χ0n) is 11.3. The van der Waals surface area contributed by atoms with E-state index in [0.29, 0.717) is 23.5 Å². The summed E-state index contributed by atoms with van der Waals surface area (Å²) in [6.07, 6.45) is 5.50. The normalized spacial score (nSPS) is 21.6. The van der Waals surface area contributed by atoms with E-state index in [0.717, 1.165) is 25.7 Å². The Hall–Kier alpha value is -0.170. The van der Waals surface area contributed by atoms with Gasteiger partial charge in [0.2, 0.25) is 10.0 Å². The minimum Gasteiger partial charge on any atom is -0.242 e. The van der Waals surface area contributed by atoms with Gasteiger partial charge in [0.25, 0.3) is 0 Å². The van der Waals surface area contributed by atoms with Gasteiger partial charge in [0.05, 0.1) is 0 Å². The van der Waals surface area contributed by atoms with Crippen molar-refractivity contribution >= 4 is 37.6 Å². The summed E-state index contributed by atoms with van der Waals surface area (Å²) >= 11 is 9.20. The van der Waals surface area contributed by atoms with Gasteiger partial charge >= 0.3 is 0 Å². The van der Waals surface area contributed by atoms with Crippen molar-refractivity contribution in [3.63, 3.8) is 0 Å². The molecular weight excluding hydrogens is 364 g/mol. The highest BCUT2D eigenvalue weighted by Crippen LogP contribution is 2.29. The molecule has 4 nitrogen and oxygen atoms in total. The smallest absolute Gasteiger partial charge is 0.242 e. The molecule has 1 saturated heterocycles. The highest BCUT2D eigenvalue weighted by atomic mass is 79.9. The van der Waals surface area contributed by atoms with Gasteiger partial charge in [-0.1, -0.05) is 24.9 Å². The van der Waals surface area contributed by atoms with Crippen LogP contribution in [0.3, 0.4) is 0 Å². The van der Waals surface area contributed by atoms with Gasteiger partial charge in [0.15, 0.2) is 0 Å². The summed E-state index contributed by atoms with van der Waals surface area (Å²) < 4.78 is 27.5. The van der Waals surface area contributed by atoms with Crippen molar-refractivity contribution in [1.29, 1.82) is 0 Å². The summed E-state index contributed by atoms with van der Waals surface area (Å²) in [6, 6.07) is 1.52. The van der Waals surface area contributed by atoms with Gasteiger partial charge in [-0.05, 0) is 47.2 Å². The zero-order chi connectivity index (χ0) is 14.8. The van der Waals surface area contributed by atoms with Gasteiger partial charge in [-0.2, -0.15) is 4.31 Å². The molecule has 20 heavy (non-hydrogen) atoms. The molecule has 1 aliphatic heterocycles. The van der Waals surface area contributed by atoms with E-state index in [1.165, 1.54) is 16.6 Å². The molecule has 7 heteroatoms. The maximum Gasteiger partial charge on any atom is 0.246 e. The van der Waals surface area contributed by atoms with Crippen molar-refractivity contribution in [1.82, 2.24) is 9.29 Å². The van der Waals surface area contributed by atoms with E-state index < -0.39 is 10.0 Å². The predicted octanol–water partition coefficient (Wildman–Crippen LogP) is 3.70. The number of sulfonamides is 1. The average Bonchev–Trinajstić information content (AvgIpc) is 2.67. The lowest BCUT2D eigenvalue weighted by molar-refractivity contribution is 0.407. The highest BCUT2D eigenvalue weighted by molar-refractivity contribution is 9.10. The molecule has 0 aromatic carbocycles. The summed E-state index contributed by atoms with van der Waals surface area (Å²) in [4.78, 5) is 3.99. The van der Waals surface area contributed by atoms with Crippen LogP contribution in [-0.2, 0) is 10.0 Å². The zero-order valence-corrected chi connectivity index (χ0v) is 14.5. The Bertz CT molecular complexity index is 580. The fraction of sp³-hybridized carbons (Fsp3) is 0.615. The van der Waals surface area contributed by atoms with Crippen molar-refractivity contribution < 1.29 is 8.42 Å². The SMILES string of the molecule is CCC1CCCN(S(=O)(=O)c2cc(Br)cnc2Cl)CC1. The Kier molecular flexibility index (Phi) is 5.45. The molecule has 0 saturated carbocycles. The van der Waals surface area contributed by atoms with Crippen molar-refractivity contribution in [2.24, 2.45) is 5.92 Å². The van der Waals surface area contributed by atoms with Gasteiger partial charge in [-0.15, -0.1) is 0 Å². The number of nitrogens with zero attached hydrogens (tertiary/aromatic N) is 2. The number of aromatic nitrogens is 1. The lowest BCUT2D eigenvalue weighted by Gasteiger charge is -2.20. The fourth-order valence-electron chi connectivity index (χ4n) is 2.51. The van der Waals surface area contributed by atoms with Crippen LogP contribution < -0.4 is 0 Å². The van der Waals surface area contributed by atoms with Gasteiger partial charge in [-0.25, -0.2) is 13.4 Å². The molecule has 0 N–H and O–H groups in total. The molecule has 2 rings (SSSR count). The second-order valence-electron chi connectivity index (χ2n) is 5.05. The summed E-state index contributed by atoms with van der Waals surface area (Å²) in [6.45, 7) is 3.27. The van der Waals surface area contributed by atoms with Crippen LogP contribution in [0.4, 0.5) is 0 Å². The number of hydrogen-bond donors (Lipinski definition) is 0. The number of halogens is 2. The minimum absolute atomic E-state index is 0.0319. The first-order valence-electron chi connectivity index (χ1n) is 6.76. The Balaban J connectivity index is 2.28.